The van der Waals surface area contributed by atoms with Gasteiger partial charge in [0.05, 0.1) is 12.5 Å². The van der Waals surface area contributed by atoms with E-state index in [0.717, 1.165) is 16.8 Å². The van der Waals surface area contributed by atoms with Crippen molar-refractivity contribution >= 4 is 17.5 Å². The van der Waals surface area contributed by atoms with Gasteiger partial charge >= 0.3 is 0 Å². The Morgan fingerprint density at radius 3 is 2.50 bits per heavy atom. The van der Waals surface area contributed by atoms with Gasteiger partial charge in [-0.15, -0.1) is 0 Å². The summed E-state index contributed by atoms with van der Waals surface area (Å²) in [6, 6.07) is 11.8. The van der Waals surface area contributed by atoms with E-state index in [0.29, 0.717) is 13.0 Å². The molecule has 0 radical (unpaired) electrons. The lowest BCUT2D eigenvalue weighted by Crippen LogP contribution is -2.30. The van der Waals surface area contributed by atoms with E-state index in [1.165, 1.54) is 4.90 Å². The lowest BCUT2D eigenvalue weighted by molar-refractivity contribution is -0.140. The molecule has 2 heterocycles. The second kappa shape index (κ2) is 6.83. The molecule has 2 aromatic rings. The molecule has 0 spiro atoms. The van der Waals surface area contributed by atoms with Crippen LogP contribution < -0.4 is 4.90 Å². The number of pyridine rings is 1. The number of carbonyl (C=O) groups is 2. The Hall–Kier alpha value is -2.69. The molecule has 1 saturated heterocycles. The molecular weight excluding hydrogens is 302 g/mol. The average molecular weight is 323 g/mol. The van der Waals surface area contributed by atoms with Crippen molar-refractivity contribution in [1.29, 1.82) is 0 Å². The van der Waals surface area contributed by atoms with Gasteiger partial charge in [0, 0.05) is 38.6 Å². The predicted octanol–water partition coefficient (Wildman–Crippen LogP) is 2.27. The zero-order valence-corrected chi connectivity index (χ0v) is 14.0. The van der Waals surface area contributed by atoms with E-state index >= 15 is 0 Å². The summed E-state index contributed by atoms with van der Waals surface area (Å²) in [6.45, 7) is 0.307. The fourth-order valence-corrected chi connectivity index (χ4v) is 2.97. The van der Waals surface area contributed by atoms with Crippen molar-refractivity contribution in [3.63, 3.8) is 0 Å². The van der Waals surface area contributed by atoms with E-state index < -0.39 is 0 Å². The molecule has 1 aromatic carbocycles. The smallest absolute Gasteiger partial charge is 0.233 e. The van der Waals surface area contributed by atoms with Crippen LogP contribution in [0.25, 0.3) is 0 Å². The Morgan fingerprint density at radius 2 is 1.88 bits per heavy atom. The highest BCUT2D eigenvalue weighted by molar-refractivity contribution is 6.03. The van der Waals surface area contributed by atoms with Crippen molar-refractivity contribution in [2.75, 3.05) is 19.0 Å². The Labute approximate surface area is 141 Å². The van der Waals surface area contributed by atoms with E-state index in [1.807, 2.05) is 55.4 Å². The first-order valence-corrected chi connectivity index (χ1v) is 8.04. The molecule has 1 atom stereocenters. The summed E-state index contributed by atoms with van der Waals surface area (Å²) in [6.07, 6.45) is 4.25. The number of imide groups is 1. The van der Waals surface area contributed by atoms with Crippen LogP contribution in [0.15, 0.2) is 48.8 Å². The van der Waals surface area contributed by atoms with Crippen LogP contribution in [0.2, 0.25) is 0 Å². The summed E-state index contributed by atoms with van der Waals surface area (Å²) in [5.74, 6) is -0.446. The second-order valence-electron chi connectivity index (χ2n) is 6.35. The van der Waals surface area contributed by atoms with Gasteiger partial charge in [0.15, 0.2) is 0 Å². The van der Waals surface area contributed by atoms with Crippen molar-refractivity contribution in [3.8, 4) is 0 Å². The lowest BCUT2D eigenvalue weighted by atomic mass is 9.97. The Kier molecular flexibility index (Phi) is 4.60. The molecule has 0 aliphatic carbocycles. The zero-order chi connectivity index (χ0) is 17.1. The lowest BCUT2D eigenvalue weighted by Gasteiger charge is -2.15. The van der Waals surface area contributed by atoms with Gasteiger partial charge in [0.2, 0.25) is 11.8 Å². The Bertz CT molecular complexity index is 726. The van der Waals surface area contributed by atoms with Gasteiger partial charge < -0.3 is 4.90 Å². The van der Waals surface area contributed by atoms with E-state index in [1.54, 1.807) is 12.4 Å². The maximum atomic E-state index is 12.6. The molecule has 1 aliphatic rings. The van der Waals surface area contributed by atoms with Gasteiger partial charge in [-0.2, -0.15) is 0 Å². The molecule has 5 nitrogen and oxygen atoms in total. The minimum Gasteiger partial charge on any atom is -0.378 e. The molecule has 1 aromatic heterocycles. The second-order valence-corrected chi connectivity index (χ2v) is 6.35. The average Bonchev–Trinajstić information content (AvgIpc) is 2.84. The van der Waals surface area contributed by atoms with E-state index in [2.05, 4.69) is 4.98 Å². The Balaban J connectivity index is 1.67. The van der Waals surface area contributed by atoms with Crippen LogP contribution in [0.5, 0.6) is 0 Å². The summed E-state index contributed by atoms with van der Waals surface area (Å²) in [5, 5.41) is 0. The number of likely N-dealkylation sites (tertiary alicyclic amines) is 1. The van der Waals surface area contributed by atoms with E-state index in [-0.39, 0.29) is 24.2 Å². The fourth-order valence-electron chi connectivity index (χ4n) is 2.97. The number of rotatable bonds is 5. The summed E-state index contributed by atoms with van der Waals surface area (Å²) in [4.78, 5) is 32.2. The first kappa shape index (κ1) is 16.2. The maximum absolute atomic E-state index is 12.6. The van der Waals surface area contributed by atoms with Gasteiger partial charge in [-0.1, -0.05) is 18.2 Å². The summed E-state index contributed by atoms with van der Waals surface area (Å²) in [7, 11) is 3.98. The topological polar surface area (TPSA) is 53.5 Å². The summed E-state index contributed by atoms with van der Waals surface area (Å²) < 4.78 is 0. The third kappa shape index (κ3) is 3.45. The summed E-state index contributed by atoms with van der Waals surface area (Å²) >= 11 is 0. The highest BCUT2D eigenvalue weighted by atomic mass is 16.2. The van der Waals surface area contributed by atoms with Gasteiger partial charge in [-0.25, -0.2) is 0 Å². The number of benzene rings is 1. The van der Waals surface area contributed by atoms with Gasteiger partial charge in [0.25, 0.3) is 0 Å². The van der Waals surface area contributed by atoms with Crippen molar-refractivity contribution in [2.45, 2.75) is 19.4 Å². The normalized spacial score (nSPS) is 17.4. The monoisotopic (exact) mass is 323 g/mol. The van der Waals surface area contributed by atoms with Crippen LogP contribution in [0, 0.1) is 5.92 Å². The number of amides is 2. The molecule has 3 rings (SSSR count). The number of nitrogens with zero attached hydrogens (tertiary/aromatic N) is 3. The molecule has 5 heteroatoms. The first-order valence-electron chi connectivity index (χ1n) is 8.04. The van der Waals surface area contributed by atoms with Crippen molar-refractivity contribution in [3.05, 3.63) is 59.9 Å². The minimum absolute atomic E-state index is 0.0828. The molecule has 1 unspecified atom stereocenters. The number of anilines is 1. The molecule has 1 aliphatic heterocycles. The van der Waals surface area contributed by atoms with E-state index in [9.17, 15) is 9.59 Å². The van der Waals surface area contributed by atoms with E-state index in [4.69, 9.17) is 0 Å². The molecule has 1 fully saturated rings. The third-order valence-corrected chi connectivity index (χ3v) is 4.34. The van der Waals surface area contributed by atoms with Crippen LogP contribution >= 0.6 is 0 Å². The number of hydrogen-bond acceptors (Lipinski definition) is 4. The largest absolute Gasteiger partial charge is 0.378 e. The SMILES string of the molecule is CN(C)c1ccc(CC2CC(=O)N(Cc3cccnc3)C2=O)cc1. The third-order valence-electron chi connectivity index (χ3n) is 4.34. The quantitative estimate of drug-likeness (QED) is 0.792. The first-order chi connectivity index (χ1) is 11.5. The minimum atomic E-state index is -0.264. The molecule has 24 heavy (non-hydrogen) atoms. The van der Waals surface area contributed by atoms with Crippen LogP contribution in [0.4, 0.5) is 5.69 Å². The standard InChI is InChI=1S/C19H21N3O2/c1-21(2)17-7-5-14(6-8-17)10-16-11-18(23)22(19(16)24)13-15-4-3-9-20-12-15/h3-9,12,16H,10-11,13H2,1-2H3. The Morgan fingerprint density at radius 1 is 1.12 bits per heavy atom. The predicted molar refractivity (Wildman–Crippen MR) is 92.4 cm³/mol. The van der Waals surface area contributed by atoms with Crippen molar-refractivity contribution < 1.29 is 9.59 Å². The highest BCUT2D eigenvalue weighted by Gasteiger charge is 2.38. The number of carbonyl (C=O) groups excluding carboxylic acids is 2. The maximum Gasteiger partial charge on any atom is 0.233 e. The van der Waals surface area contributed by atoms with Crippen LogP contribution in [0.3, 0.4) is 0 Å². The van der Waals surface area contributed by atoms with Gasteiger partial charge in [0.1, 0.15) is 0 Å². The molecule has 2 amide bonds. The van der Waals surface area contributed by atoms with Crippen LogP contribution in [-0.4, -0.2) is 35.8 Å². The van der Waals surface area contributed by atoms with Gasteiger partial charge in [-0.05, 0) is 35.7 Å². The molecule has 0 bridgehead atoms. The molecule has 0 saturated carbocycles. The molecular formula is C19H21N3O2. The number of aromatic nitrogens is 1. The highest BCUT2D eigenvalue weighted by Crippen LogP contribution is 2.26. The number of hydrogen-bond donors (Lipinski definition) is 0. The summed E-state index contributed by atoms with van der Waals surface area (Å²) in [5.41, 5.74) is 3.07. The van der Waals surface area contributed by atoms with Crippen molar-refractivity contribution in [2.24, 2.45) is 5.92 Å². The zero-order valence-electron chi connectivity index (χ0n) is 14.0. The van der Waals surface area contributed by atoms with Crippen molar-refractivity contribution in [1.82, 2.24) is 9.88 Å². The molecule has 124 valence electrons. The van der Waals surface area contributed by atoms with Crippen LogP contribution in [0.1, 0.15) is 17.5 Å². The van der Waals surface area contributed by atoms with Gasteiger partial charge in [-0.3, -0.25) is 19.5 Å². The van der Waals surface area contributed by atoms with Crippen LogP contribution in [-0.2, 0) is 22.6 Å². The fraction of sp³-hybridized carbons (Fsp3) is 0.316. The molecule has 0 N–H and O–H groups in total.